The zero-order valence-corrected chi connectivity index (χ0v) is 18.2. The summed E-state index contributed by atoms with van der Waals surface area (Å²) in [4.78, 5) is 25.1. The van der Waals surface area contributed by atoms with Crippen molar-refractivity contribution in [3.63, 3.8) is 0 Å². The van der Waals surface area contributed by atoms with Crippen LogP contribution < -0.4 is 15.6 Å². The highest BCUT2D eigenvalue weighted by Crippen LogP contribution is 2.34. The zero-order chi connectivity index (χ0) is 20.1. The Kier molecular flexibility index (Phi) is 6.93. The molecule has 0 aliphatic carbocycles. The number of hydrogen-bond donors (Lipinski definition) is 2. The molecule has 0 spiro atoms. The van der Waals surface area contributed by atoms with Gasteiger partial charge in [0.2, 0.25) is 0 Å². The number of halogens is 2. The molecule has 8 heteroatoms. The summed E-state index contributed by atoms with van der Waals surface area (Å²) in [5, 5.41) is 1.19. The fraction of sp³-hybridized carbons (Fsp3) is 0.200. The third-order valence-electron chi connectivity index (χ3n) is 3.98. The summed E-state index contributed by atoms with van der Waals surface area (Å²) in [6.45, 7) is 2.71. The lowest BCUT2D eigenvalue weighted by Gasteiger charge is -2.10. The van der Waals surface area contributed by atoms with Gasteiger partial charge in [-0.2, -0.15) is 0 Å². The molecule has 0 saturated carbocycles. The summed E-state index contributed by atoms with van der Waals surface area (Å²) >= 11 is 11.0. The van der Waals surface area contributed by atoms with Gasteiger partial charge < -0.3 is 4.74 Å². The second-order valence-electron chi connectivity index (χ2n) is 6.00. The number of benzene rings is 2. The molecule has 0 atom stereocenters. The van der Waals surface area contributed by atoms with Gasteiger partial charge in [-0.05, 0) is 46.6 Å². The molecule has 1 aromatic heterocycles. The smallest absolute Gasteiger partial charge is 0.281 e. The van der Waals surface area contributed by atoms with Crippen LogP contribution in [0.2, 0.25) is 5.02 Å². The predicted molar refractivity (Wildman–Crippen MR) is 116 cm³/mol. The van der Waals surface area contributed by atoms with Crippen LogP contribution in [0.4, 0.5) is 0 Å². The summed E-state index contributed by atoms with van der Waals surface area (Å²) in [5.41, 5.74) is 5.22. The molecule has 5 nitrogen and oxygen atoms in total. The number of carbonyl (C=O) groups is 2. The number of fused-ring (bicyclic) bond motifs is 1. The van der Waals surface area contributed by atoms with Crippen molar-refractivity contribution in [1.29, 1.82) is 0 Å². The molecular formula is C20H18BrClN2O3S. The quantitative estimate of drug-likeness (QED) is 0.357. The van der Waals surface area contributed by atoms with E-state index < -0.39 is 11.8 Å². The van der Waals surface area contributed by atoms with Gasteiger partial charge in [0.1, 0.15) is 10.6 Å². The molecule has 0 fully saturated rings. The third kappa shape index (κ3) is 4.66. The first kappa shape index (κ1) is 20.6. The first-order valence-electron chi connectivity index (χ1n) is 8.71. The van der Waals surface area contributed by atoms with Gasteiger partial charge in [-0.1, -0.05) is 43.1 Å². The molecule has 1 heterocycles. The molecule has 2 N–H and O–H groups in total. The van der Waals surface area contributed by atoms with E-state index in [1.165, 1.54) is 11.3 Å². The van der Waals surface area contributed by atoms with E-state index in [0.717, 1.165) is 22.9 Å². The minimum absolute atomic E-state index is 0.351. The number of amides is 2. The number of hydrazine groups is 1. The summed E-state index contributed by atoms with van der Waals surface area (Å²) in [6, 6.07) is 12.5. The molecule has 28 heavy (non-hydrogen) atoms. The largest absolute Gasteiger partial charge is 0.492 e. The standard InChI is InChI=1S/C20H18BrClN2O3S/c1-2-3-10-27-15-9-8-12(11-14(15)21)19(25)23-24-20(26)18-17(22)13-6-4-5-7-16(13)28-18/h4-9,11H,2-3,10H2,1H3,(H,23,25)(H,24,26). The van der Waals surface area contributed by atoms with E-state index in [4.69, 9.17) is 16.3 Å². The Bertz CT molecular complexity index is 1020. The molecule has 0 aliphatic heterocycles. The molecule has 146 valence electrons. The second kappa shape index (κ2) is 9.41. The number of unbranched alkanes of at least 4 members (excludes halogenated alkanes) is 1. The number of carbonyl (C=O) groups excluding carboxylic acids is 2. The number of thiophene rings is 1. The van der Waals surface area contributed by atoms with E-state index in [1.54, 1.807) is 18.2 Å². The Morgan fingerprint density at radius 2 is 1.89 bits per heavy atom. The SMILES string of the molecule is CCCCOc1ccc(C(=O)NNC(=O)c2sc3ccccc3c2Cl)cc1Br. The zero-order valence-electron chi connectivity index (χ0n) is 15.1. The average Bonchev–Trinajstić information content (AvgIpc) is 3.04. The lowest BCUT2D eigenvalue weighted by molar-refractivity contribution is 0.0849. The Morgan fingerprint density at radius 1 is 1.14 bits per heavy atom. The van der Waals surface area contributed by atoms with Crippen molar-refractivity contribution in [2.75, 3.05) is 6.61 Å². The summed E-state index contributed by atoms with van der Waals surface area (Å²) in [5.74, 6) is -0.226. The van der Waals surface area contributed by atoms with Gasteiger partial charge in [0.05, 0.1) is 16.1 Å². The van der Waals surface area contributed by atoms with Crippen LogP contribution in [0.25, 0.3) is 10.1 Å². The Balaban J connectivity index is 1.64. The van der Waals surface area contributed by atoms with E-state index in [2.05, 4.69) is 33.7 Å². The van der Waals surface area contributed by atoms with Crippen molar-refractivity contribution in [2.24, 2.45) is 0 Å². The minimum atomic E-state index is -0.460. The van der Waals surface area contributed by atoms with E-state index in [0.29, 0.717) is 32.3 Å². The van der Waals surface area contributed by atoms with Crippen molar-refractivity contribution in [3.05, 3.63) is 62.4 Å². The maximum Gasteiger partial charge on any atom is 0.281 e. The monoisotopic (exact) mass is 480 g/mol. The summed E-state index contributed by atoms with van der Waals surface area (Å²) in [7, 11) is 0. The maximum atomic E-state index is 12.4. The van der Waals surface area contributed by atoms with Crippen LogP contribution in [0, 0.1) is 0 Å². The van der Waals surface area contributed by atoms with E-state index in [9.17, 15) is 9.59 Å². The molecule has 0 saturated heterocycles. The third-order valence-corrected chi connectivity index (χ3v) is 6.27. The lowest BCUT2D eigenvalue weighted by atomic mass is 10.2. The first-order chi connectivity index (χ1) is 13.5. The number of nitrogens with one attached hydrogen (secondary N) is 2. The van der Waals surface area contributed by atoms with Gasteiger partial charge >= 0.3 is 0 Å². The highest BCUT2D eigenvalue weighted by atomic mass is 79.9. The van der Waals surface area contributed by atoms with Crippen molar-refractivity contribution in [3.8, 4) is 5.75 Å². The molecule has 3 aromatic rings. The van der Waals surface area contributed by atoms with Gasteiger partial charge in [-0.25, -0.2) is 0 Å². The van der Waals surface area contributed by atoms with Crippen LogP contribution in [0.1, 0.15) is 39.8 Å². The first-order valence-corrected chi connectivity index (χ1v) is 10.7. The Labute approximate surface area is 180 Å². The van der Waals surface area contributed by atoms with Crippen LogP contribution >= 0.6 is 38.9 Å². The van der Waals surface area contributed by atoms with Crippen molar-refractivity contribution in [1.82, 2.24) is 10.9 Å². The number of ether oxygens (including phenoxy) is 1. The molecule has 2 aromatic carbocycles. The van der Waals surface area contributed by atoms with Crippen molar-refractivity contribution in [2.45, 2.75) is 19.8 Å². The van der Waals surface area contributed by atoms with Crippen LogP contribution in [-0.4, -0.2) is 18.4 Å². The van der Waals surface area contributed by atoms with Gasteiger partial charge in [-0.3, -0.25) is 20.4 Å². The highest BCUT2D eigenvalue weighted by Gasteiger charge is 2.18. The summed E-state index contributed by atoms with van der Waals surface area (Å²) in [6.07, 6.45) is 2.00. The van der Waals surface area contributed by atoms with E-state index in [1.807, 2.05) is 24.3 Å². The number of hydrogen-bond acceptors (Lipinski definition) is 4. The van der Waals surface area contributed by atoms with Crippen LogP contribution in [0.3, 0.4) is 0 Å². The minimum Gasteiger partial charge on any atom is -0.492 e. The molecule has 2 amide bonds. The van der Waals surface area contributed by atoms with E-state index >= 15 is 0 Å². The number of rotatable bonds is 6. The second-order valence-corrected chi connectivity index (χ2v) is 8.28. The molecule has 0 unspecified atom stereocenters. The Hall–Kier alpha value is -2.09. The maximum absolute atomic E-state index is 12.4. The van der Waals surface area contributed by atoms with Crippen LogP contribution in [0.5, 0.6) is 5.75 Å². The fourth-order valence-corrected chi connectivity index (χ4v) is 4.39. The average molecular weight is 482 g/mol. The lowest BCUT2D eigenvalue weighted by Crippen LogP contribution is -2.41. The molecule has 3 rings (SSSR count). The van der Waals surface area contributed by atoms with Gasteiger partial charge in [0.15, 0.2) is 0 Å². The molecule has 0 aliphatic rings. The van der Waals surface area contributed by atoms with Crippen molar-refractivity contribution < 1.29 is 14.3 Å². The molecule has 0 radical (unpaired) electrons. The molecule has 0 bridgehead atoms. The van der Waals surface area contributed by atoms with Crippen molar-refractivity contribution >= 4 is 60.8 Å². The molecular weight excluding hydrogens is 464 g/mol. The van der Waals surface area contributed by atoms with Crippen LogP contribution in [0.15, 0.2) is 46.9 Å². The van der Waals surface area contributed by atoms with E-state index in [-0.39, 0.29) is 0 Å². The van der Waals surface area contributed by atoms with Gasteiger partial charge in [0.25, 0.3) is 11.8 Å². The highest BCUT2D eigenvalue weighted by molar-refractivity contribution is 9.10. The van der Waals surface area contributed by atoms with Crippen LogP contribution in [-0.2, 0) is 0 Å². The normalized spacial score (nSPS) is 10.7. The fourth-order valence-electron chi connectivity index (χ4n) is 2.49. The van der Waals surface area contributed by atoms with Gasteiger partial charge in [-0.15, -0.1) is 11.3 Å². The summed E-state index contributed by atoms with van der Waals surface area (Å²) < 4.78 is 7.23. The van der Waals surface area contributed by atoms with Gasteiger partial charge in [0, 0.05) is 15.6 Å². The Morgan fingerprint density at radius 3 is 2.61 bits per heavy atom. The predicted octanol–water partition coefficient (Wildman–Crippen LogP) is 5.57. The topological polar surface area (TPSA) is 67.4 Å².